The Hall–Kier alpha value is -2.65. The molecule has 0 aromatic heterocycles. The number of ether oxygens (including phenoxy) is 1. The first-order valence-electron chi connectivity index (χ1n) is 11.8. The van der Waals surface area contributed by atoms with Crippen LogP contribution in [0.2, 0.25) is 0 Å². The van der Waals surface area contributed by atoms with E-state index in [4.69, 9.17) is 4.74 Å². The Morgan fingerprint density at radius 1 is 0.853 bits per heavy atom. The summed E-state index contributed by atoms with van der Waals surface area (Å²) < 4.78 is 33.2. The Kier molecular flexibility index (Phi) is 6.87. The molecule has 0 unspecified atom stereocenters. The summed E-state index contributed by atoms with van der Waals surface area (Å²) in [6.45, 7) is 7.78. The fourth-order valence-corrected chi connectivity index (χ4v) is 5.98. The van der Waals surface area contributed by atoms with E-state index in [0.29, 0.717) is 39.0 Å². The van der Waals surface area contributed by atoms with Crippen molar-refractivity contribution in [2.24, 2.45) is 5.92 Å². The van der Waals surface area contributed by atoms with Gasteiger partial charge in [-0.25, -0.2) is 13.2 Å². The first kappa shape index (κ1) is 24.5. The number of fused-ring (bicyclic) bond motifs is 1. The summed E-state index contributed by atoms with van der Waals surface area (Å²) in [6.07, 6.45) is 0.840. The average Bonchev–Trinajstić information content (AvgIpc) is 2.82. The molecule has 0 atom stereocenters. The second-order valence-electron chi connectivity index (χ2n) is 9.98. The highest BCUT2D eigenvalue weighted by Gasteiger charge is 2.35. The molecule has 2 fully saturated rings. The molecule has 2 aliphatic heterocycles. The highest BCUT2D eigenvalue weighted by Crippen LogP contribution is 2.25. The van der Waals surface area contributed by atoms with Gasteiger partial charge in [0.25, 0.3) is 0 Å². The fraction of sp³-hybridized carbons (Fsp3) is 0.520. The van der Waals surface area contributed by atoms with Gasteiger partial charge in [-0.3, -0.25) is 4.79 Å². The van der Waals surface area contributed by atoms with Gasteiger partial charge in [0.2, 0.25) is 15.9 Å². The number of rotatable bonds is 3. The molecule has 0 aliphatic carbocycles. The van der Waals surface area contributed by atoms with Crippen LogP contribution in [0.3, 0.4) is 0 Å². The van der Waals surface area contributed by atoms with E-state index in [1.54, 1.807) is 21.9 Å². The van der Waals surface area contributed by atoms with Gasteiger partial charge >= 0.3 is 6.09 Å². The number of hydrogen-bond acceptors (Lipinski definition) is 5. The highest BCUT2D eigenvalue weighted by molar-refractivity contribution is 7.89. The second-order valence-corrected chi connectivity index (χ2v) is 11.9. The van der Waals surface area contributed by atoms with Crippen molar-refractivity contribution in [1.29, 1.82) is 0 Å². The Morgan fingerprint density at radius 3 is 2.09 bits per heavy atom. The lowest BCUT2D eigenvalue weighted by Crippen LogP contribution is -2.53. The average molecular weight is 488 g/mol. The molecule has 0 saturated carbocycles. The summed E-state index contributed by atoms with van der Waals surface area (Å²) in [5, 5.41) is 1.88. The largest absolute Gasteiger partial charge is 0.444 e. The summed E-state index contributed by atoms with van der Waals surface area (Å²) in [7, 11) is -3.62. The van der Waals surface area contributed by atoms with Crippen LogP contribution in [-0.4, -0.2) is 79.4 Å². The van der Waals surface area contributed by atoms with E-state index in [-0.39, 0.29) is 35.9 Å². The van der Waals surface area contributed by atoms with Gasteiger partial charge in [-0.05, 0) is 56.5 Å². The smallest absolute Gasteiger partial charge is 0.410 e. The zero-order valence-electron chi connectivity index (χ0n) is 20.1. The van der Waals surface area contributed by atoms with E-state index in [1.807, 2.05) is 51.1 Å². The van der Waals surface area contributed by atoms with Crippen LogP contribution in [0.1, 0.15) is 33.6 Å². The lowest BCUT2D eigenvalue weighted by atomic mass is 9.95. The van der Waals surface area contributed by atoms with Crippen molar-refractivity contribution in [2.75, 3.05) is 39.3 Å². The molecule has 2 saturated heterocycles. The van der Waals surface area contributed by atoms with Crippen molar-refractivity contribution in [1.82, 2.24) is 14.1 Å². The van der Waals surface area contributed by atoms with Crippen molar-refractivity contribution in [2.45, 2.75) is 44.1 Å². The number of carbonyl (C=O) groups is 2. The maximum absolute atomic E-state index is 13.2. The molecule has 8 nitrogen and oxygen atoms in total. The lowest BCUT2D eigenvalue weighted by Gasteiger charge is -2.38. The molecule has 0 spiro atoms. The van der Waals surface area contributed by atoms with Gasteiger partial charge in [-0.1, -0.05) is 30.3 Å². The molecule has 2 amide bonds. The lowest BCUT2D eigenvalue weighted by molar-refractivity contribution is -0.138. The quantitative estimate of drug-likeness (QED) is 0.663. The predicted octanol–water partition coefficient (Wildman–Crippen LogP) is 3.32. The molecule has 0 radical (unpaired) electrons. The molecule has 184 valence electrons. The first-order valence-corrected chi connectivity index (χ1v) is 13.2. The number of hydrogen-bond donors (Lipinski definition) is 0. The normalized spacial score (nSPS) is 18.8. The third kappa shape index (κ3) is 5.36. The summed E-state index contributed by atoms with van der Waals surface area (Å²) in [4.78, 5) is 29.0. The van der Waals surface area contributed by atoms with Crippen molar-refractivity contribution in [3.8, 4) is 0 Å². The number of piperazine rings is 1. The minimum atomic E-state index is -3.62. The van der Waals surface area contributed by atoms with Crippen LogP contribution in [0.25, 0.3) is 10.8 Å². The number of carbonyl (C=O) groups excluding carboxylic acids is 2. The van der Waals surface area contributed by atoms with Crippen LogP contribution in [0.15, 0.2) is 47.4 Å². The Labute approximate surface area is 201 Å². The van der Waals surface area contributed by atoms with Gasteiger partial charge in [0, 0.05) is 45.2 Å². The van der Waals surface area contributed by atoms with Gasteiger partial charge in [-0.2, -0.15) is 4.31 Å². The van der Waals surface area contributed by atoms with Crippen LogP contribution < -0.4 is 0 Å². The topological polar surface area (TPSA) is 87.2 Å². The van der Waals surface area contributed by atoms with E-state index in [0.717, 1.165) is 10.8 Å². The van der Waals surface area contributed by atoms with Crippen molar-refractivity contribution < 1.29 is 22.7 Å². The molecule has 2 aliphatic rings. The van der Waals surface area contributed by atoms with E-state index in [1.165, 1.54) is 4.31 Å². The number of piperidine rings is 1. The van der Waals surface area contributed by atoms with Gasteiger partial charge in [0.05, 0.1) is 4.90 Å². The molecule has 0 N–H and O–H groups in total. The fourth-order valence-electron chi connectivity index (χ4n) is 4.52. The van der Waals surface area contributed by atoms with Crippen molar-refractivity contribution in [3.05, 3.63) is 42.5 Å². The minimum Gasteiger partial charge on any atom is -0.444 e. The molecule has 2 heterocycles. The first-order chi connectivity index (χ1) is 16.0. The van der Waals surface area contributed by atoms with Crippen LogP contribution in [-0.2, 0) is 19.6 Å². The van der Waals surface area contributed by atoms with Crippen LogP contribution in [0, 0.1) is 5.92 Å². The number of benzene rings is 2. The molecular formula is C25H33N3O5S. The SMILES string of the molecule is CC(C)(C)OC(=O)N1CCC(C(=O)N2CCN(S(=O)(=O)c3ccc4ccccc4c3)CC2)CC1. The number of nitrogens with zero attached hydrogens (tertiary/aromatic N) is 3. The second kappa shape index (κ2) is 9.54. The van der Waals surface area contributed by atoms with Gasteiger partial charge in [-0.15, -0.1) is 0 Å². The van der Waals surface area contributed by atoms with Crippen molar-refractivity contribution >= 4 is 32.8 Å². The highest BCUT2D eigenvalue weighted by atomic mass is 32.2. The molecule has 0 bridgehead atoms. The molecular weight excluding hydrogens is 454 g/mol. The van der Waals surface area contributed by atoms with Gasteiger partial charge < -0.3 is 14.5 Å². The monoisotopic (exact) mass is 487 g/mol. The zero-order valence-corrected chi connectivity index (χ0v) is 20.9. The number of likely N-dealkylation sites (tertiary alicyclic amines) is 1. The van der Waals surface area contributed by atoms with E-state index in [2.05, 4.69) is 0 Å². The molecule has 9 heteroatoms. The van der Waals surface area contributed by atoms with Crippen LogP contribution in [0.5, 0.6) is 0 Å². The zero-order chi connectivity index (χ0) is 24.5. The molecule has 4 rings (SSSR count). The summed E-state index contributed by atoms with van der Waals surface area (Å²) in [5.41, 5.74) is -0.545. The standard InChI is InChI=1S/C25H33N3O5S/c1-25(2,3)33-24(30)27-12-10-20(11-13-27)23(29)26-14-16-28(17-15-26)34(31,32)22-9-8-19-6-4-5-7-21(19)18-22/h4-9,18,20H,10-17H2,1-3H3. The van der Waals surface area contributed by atoms with Crippen molar-refractivity contribution in [3.63, 3.8) is 0 Å². The van der Waals surface area contributed by atoms with E-state index < -0.39 is 15.6 Å². The third-order valence-electron chi connectivity index (χ3n) is 6.40. The predicted molar refractivity (Wildman–Crippen MR) is 130 cm³/mol. The Bertz CT molecular complexity index is 1160. The Morgan fingerprint density at radius 2 is 1.47 bits per heavy atom. The van der Waals surface area contributed by atoms with E-state index >= 15 is 0 Å². The van der Waals surface area contributed by atoms with Gasteiger partial charge in [0.1, 0.15) is 5.60 Å². The summed E-state index contributed by atoms with van der Waals surface area (Å²) in [5.74, 6) is -0.103. The molecule has 2 aromatic carbocycles. The summed E-state index contributed by atoms with van der Waals surface area (Å²) >= 11 is 0. The van der Waals surface area contributed by atoms with Crippen LogP contribution in [0.4, 0.5) is 4.79 Å². The minimum absolute atomic E-state index is 0.0478. The Balaban J connectivity index is 1.32. The van der Waals surface area contributed by atoms with E-state index in [9.17, 15) is 18.0 Å². The third-order valence-corrected chi connectivity index (χ3v) is 8.30. The van der Waals surface area contributed by atoms with Gasteiger partial charge in [0.15, 0.2) is 0 Å². The number of amides is 2. The number of sulfonamides is 1. The summed E-state index contributed by atoms with van der Waals surface area (Å²) in [6, 6.07) is 12.8. The molecule has 2 aromatic rings. The van der Waals surface area contributed by atoms with Crippen LogP contribution >= 0.6 is 0 Å². The molecule has 34 heavy (non-hydrogen) atoms. The maximum Gasteiger partial charge on any atom is 0.410 e. The maximum atomic E-state index is 13.2.